The van der Waals surface area contributed by atoms with Crippen LogP contribution in [0.4, 0.5) is 0 Å². The number of hydrogen-bond acceptors (Lipinski definition) is 1. The minimum Gasteiger partial charge on any atom is -0.305 e. The monoisotopic (exact) mass is 174 g/mol. The average Bonchev–Trinajstić information content (AvgIpc) is 2.03. The molecule has 1 heteroatoms. The zero-order chi connectivity index (χ0) is 9.90. The zero-order valence-electron chi connectivity index (χ0n) is 8.52. The third kappa shape index (κ3) is 3.41. The Balaban J connectivity index is 2.71. The van der Waals surface area contributed by atoms with Crippen LogP contribution in [-0.4, -0.2) is 5.71 Å². The number of benzene rings is 1. The Morgan fingerprint density at radius 3 is 2.54 bits per heavy atom. The van der Waals surface area contributed by atoms with Gasteiger partial charge in [-0.1, -0.05) is 45.0 Å². The highest BCUT2D eigenvalue weighted by molar-refractivity contribution is 5.98. The van der Waals surface area contributed by atoms with E-state index in [2.05, 4.69) is 26.8 Å². The van der Waals surface area contributed by atoms with E-state index in [0.29, 0.717) is 5.71 Å². The second kappa shape index (κ2) is 3.73. The van der Waals surface area contributed by atoms with Gasteiger partial charge >= 0.3 is 0 Å². The maximum atomic E-state index is 7.85. The first-order valence-corrected chi connectivity index (χ1v) is 4.53. The van der Waals surface area contributed by atoms with Gasteiger partial charge in [0.15, 0.2) is 0 Å². The van der Waals surface area contributed by atoms with Crippen LogP contribution >= 0.6 is 0 Å². The third-order valence-corrected chi connectivity index (χ3v) is 1.74. The topological polar surface area (TPSA) is 23.9 Å². The molecule has 1 rings (SSSR count). The van der Waals surface area contributed by atoms with Gasteiger partial charge in [-0.2, -0.15) is 0 Å². The first-order chi connectivity index (χ1) is 5.99. The Kier molecular flexibility index (Phi) is 2.86. The van der Waals surface area contributed by atoms with Crippen LogP contribution in [0.1, 0.15) is 32.8 Å². The lowest BCUT2D eigenvalue weighted by Gasteiger charge is -2.18. The molecule has 0 amide bonds. The van der Waals surface area contributed by atoms with E-state index in [1.54, 1.807) is 0 Å². The van der Waals surface area contributed by atoms with Crippen molar-refractivity contribution in [1.29, 1.82) is 5.41 Å². The lowest BCUT2D eigenvalue weighted by atomic mass is 9.87. The van der Waals surface area contributed by atoms with Crippen molar-refractivity contribution in [3.63, 3.8) is 0 Å². The van der Waals surface area contributed by atoms with Crippen LogP contribution in [-0.2, 0) is 0 Å². The van der Waals surface area contributed by atoms with E-state index in [1.807, 2.05) is 24.3 Å². The van der Waals surface area contributed by atoms with Crippen molar-refractivity contribution in [3.05, 3.63) is 35.9 Å². The summed E-state index contributed by atoms with van der Waals surface area (Å²) in [7, 11) is 0. The summed E-state index contributed by atoms with van der Waals surface area (Å²) in [6.07, 6.45) is 0.799. The highest BCUT2D eigenvalue weighted by Gasteiger charge is 2.14. The van der Waals surface area contributed by atoms with Crippen LogP contribution in [0.3, 0.4) is 0 Å². The average molecular weight is 174 g/mol. The zero-order valence-corrected chi connectivity index (χ0v) is 8.52. The molecule has 0 fully saturated rings. The van der Waals surface area contributed by atoms with Gasteiger partial charge in [-0.3, -0.25) is 0 Å². The second-order valence-electron chi connectivity index (χ2n) is 4.49. The SMILES string of the molecule is CC(C)(C)CC(=N)c1[c]cccc1. The smallest absolute Gasteiger partial charge is 0.0397 e. The Hall–Kier alpha value is -1.11. The molecular weight excluding hydrogens is 158 g/mol. The molecule has 0 unspecified atom stereocenters. The summed E-state index contributed by atoms with van der Waals surface area (Å²) in [6.45, 7) is 6.43. The molecule has 0 aliphatic heterocycles. The fourth-order valence-electron chi connectivity index (χ4n) is 1.21. The fraction of sp³-hybridized carbons (Fsp3) is 0.417. The van der Waals surface area contributed by atoms with E-state index in [1.165, 1.54) is 0 Å². The number of hydrogen-bond donors (Lipinski definition) is 1. The highest BCUT2D eigenvalue weighted by Crippen LogP contribution is 2.20. The van der Waals surface area contributed by atoms with Crippen molar-refractivity contribution in [2.45, 2.75) is 27.2 Å². The van der Waals surface area contributed by atoms with E-state index in [9.17, 15) is 0 Å². The predicted octanol–water partition coefficient (Wildman–Crippen LogP) is 3.29. The molecule has 0 heterocycles. The van der Waals surface area contributed by atoms with E-state index in [-0.39, 0.29) is 5.41 Å². The summed E-state index contributed by atoms with van der Waals surface area (Å²) in [5.74, 6) is 0. The summed E-state index contributed by atoms with van der Waals surface area (Å²) in [5, 5.41) is 7.85. The molecule has 0 aliphatic rings. The quantitative estimate of drug-likeness (QED) is 0.665. The van der Waals surface area contributed by atoms with Gasteiger partial charge in [-0.05, 0) is 17.9 Å². The Morgan fingerprint density at radius 1 is 1.38 bits per heavy atom. The highest BCUT2D eigenvalue weighted by atomic mass is 14.4. The van der Waals surface area contributed by atoms with Gasteiger partial charge in [0.2, 0.25) is 0 Å². The van der Waals surface area contributed by atoms with E-state index < -0.39 is 0 Å². The summed E-state index contributed by atoms with van der Waals surface area (Å²) in [6, 6.07) is 10.7. The molecule has 0 atom stereocenters. The van der Waals surface area contributed by atoms with Gasteiger partial charge in [-0.15, -0.1) is 0 Å². The van der Waals surface area contributed by atoms with Crippen LogP contribution < -0.4 is 0 Å². The molecule has 0 aliphatic carbocycles. The van der Waals surface area contributed by atoms with E-state index in [0.717, 1.165) is 12.0 Å². The molecule has 1 nitrogen and oxygen atoms in total. The molecular formula is C12H16N. The largest absolute Gasteiger partial charge is 0.305 e. The summed E-state index contributed by atoms with van der Waals surface area (Å²) < 4.78 is 0. The van der Waals surface area contributed by atoms with Crippen molar-refractivity contribution < 1.29 is 0 Å². The molecule has 69 valence electrons. The molecule has 1 N–H and O–H groups in total. The fourth-order valence-corrected chi connectivity index (χ4v) is 1.21. The molecule has 1 aromatic rings. The molecule has 13 heavy (non-hydrogen) atoms. The first-order valence-electron chi connectivity index (χ1n) is 4.53. The molecule has 0 spiro atoms. The van der Waals surface area contributed by atoms with Crippen molar-refractivity contribution in [2.24, 2.45) is 5.41 Å². The van der Waals surface area contributed by atoms with Crippen LogP contribution in [0, 0.1) is 16.9 Å². The summed E-state index contributed by atoms with van der Waals surface area (Å²) in [4.78, 5) is 0. The number of nitrogens with one attached hydrogen (secondary N) is 1. The third-order valence-electron chi connectivity index (χ3n) is 1.74. The van der Waals surface area contributed by atoms with Crippen molar-refractivity contribution in [1.82, 2.24) is 0 Å². The first kappa shape index (κ1) is 9.97. The van der Waals surface area contributed by atoms with E-state index >= 15 is 0 Å². The predicted molar refractivity (Wildman–Crippen MR) is 56.2 cm³/mol. The molecule has 0 saturated carbocycles. The van der Waals surface area contributed by atoms with Crippen LogP contribution in [0.15, 0.2) is 24.3 Å². The normalized spacial score (nSPS) is 11.3. The standard InChI is InChI=1S/C12H16N/c1-12(2,3)9-11(13)10-7-5-4-6-8-10/h4-7,13H,9H2,1-3H3. The minimum atomic E-state index is 0.181. The Labute approximate surface area is 80.3 Å². The minimum absolute atomic E-state index is 0.181. The molecule has 1 aromatic carbocycles. The molecule has 0 saturated heterocycles. The van der Waals surface area contributed by atoms with Gasteiger partial charge in [-0.25, -0.2) is 0 Å². The van der Waals surface area contributed by atoms with Gasteiger partial charge < -0.3 is 5.41 Å². The Bertz CT molecular complexity index is 280. The van der Waals surface area contributed by atoms with Gasteiger partial charge in [0.05, 0.1) is 0 Å². The molecule has 0 aromatic heterocycles. The lowest BCUT2D eigenvalue weighted by Crippen LogP contribution is -2.12. The van der Waals surface area contributed by atoms with Gasteiger partial charge in [0, 0.05) is 11.3 Å². The Morgan fingerprint density at radius 2 is 2.08 bits per heavy atom. The summed E-state index contributed by atoms with van der Waals surface area (Å²) >= 11 is 0. The maximum Gasteiger partial charge on any atom is 0.0397 e. The maximum absolute atomic E-state index is 7.85. The van der Waals surface area contributed by atoms with Gasteiger partial charge in [0.25, 0.3) is 0 Å². The van der Waals surface area contributed by atoms with Crippen molar-refractivity contribution in [3.8, 4) is 0 Å². The molecule has 0 bridgehead atoms. The second-order valence-corrected chi connectivity index (χ2v) is 4.49. The van der Waals surface area contributed by atoms with Crippen LogP contribution in [0.2, 0.25) is 0 Å². The van der Waals surface area contributed by atoms with Crippen molar-refractivity contribution in [2.75, 3.05) is 0 Å². The van der Waals surface area contributed by atoms with Gasteiger partial charge in [0.1, 0.15) is 0 Å². The van der Waals surface area contributed by atoms with Crippen LogP contribution in [0.25, 0.3) is 0 Å². The van der Waals surface area contributed by atoms with Crippen LogP contribution in [0.5, 0.6) is 0 Å². The van der Waals surface area contributed by atoms with E-state index in [4.69, 9.17) is 5.41 Å². The molecule has 1 radical (unpaired) electrons. The van der Waals surface area contributed by atoms with Crippen molar-refractivity contribution >= 4 is 5.71 Å². The number of rotatable bonds is 2. The lowest BCUT2D eigenvalue weighted by molar-refractivity contribution is 0.433. The summed E-state index contributed by atoms with van der Waals surface area (Å²) in [5.41, 5.74) is 1.77.